The summed E-state index contributed by atoms with van der Waals surface area (Å²) >= 11 is 0. The van der Waals surface area contributed by atoms with Gasteiger partial charge in [0.1, 0.15) is 5.84 Å². The molecule has 0 saturated carbocycles. The van der Waals surface area contributed by atoms with Crippen LogP contribution in [0.25, 0.3) is 0 Å². The molecule has 19 heavy (non-hydrogen) atoms. The zero-order valence-electron chi connectivity index (χ0n) is 11.9. The van der Waals surface area contributed by atoms with Gasteiger partial charge in [-0.3, -0.25) is 5.41 Å². The lowest BCUT2D eigenvalue weighted by atomic mass is 9.96. The first-order chi connectivity index (χ1) is 9.06. The minimum atomic E-state index is 0.135. The number of nitrogens with one attached hydrogen (secondary N) is 1. The first kappa shape index (κ1) is 13.9. The summed E-state index contributed by atoms with van der Waals surface area (Å²) in [6, 6.07) is 8.01. The largest absolute Gasteiger partial charge is 0.384 e. The fraction of sp³-hybridized carbons (Fsp3) is 0.533. The van der Waals surface area contributed by atoms with Crippen molar-refractivity contribution >= 4 is 11.5 Å². The fourth-order valence-corrected chi connectivity index (χ4v) is 2.74. The van der Waals surface area contributed by atoms with Gasteiger partial charge in [-0.25, -0.2) is 0 Å². The van der Waals surface area contributed by atoms with Crippen molar-refractivity contribution in [3.05, 3.63) is 29.8 Å². The normalized spacial score (nSPS) is 16.9. The van der Waals surface area contributed by atoms with Gasteiger partial charge in [0.05, 0.1) is 0 Å². The summed E-state index contributed by atoms with van der Waals surface area (Å²) in [5, 5.41) is 7.40. The molecule has 1 aromatic carbocycles. The average molecular weight is 260 g/mol. The molecule has 2 rings (SSSR count). The Kier molecular flexibility index (Phi) is 4.43. The maximum Gasteiger partial charge on any atom is 0.122 e. The van der Waals surface area contributed by atoms with E-state index in [1.807, 2.05) is 12.1 Å². The third-order valence-electron chi connectivity index (χ3n) is 3.78. The van der Waals surface area contributed by atoms with E-state index in [9.17, 15) is 0 Å². The highest BCUT2D eigenvalue weighted by molar-refractivity contribution is 5.95. The quantitative estimate of drug-likeness (QED) is 0.640. The highest BCUT2D eigenvalue weighted by Gasteiger charge is 2.19. The van der Waals surface area contributed by atoms with Crippen molar-refractivity contribution in [3.63, 3.8) is 0 Å². The van der Waals surface area contributed by atoms with Crippen LogP contribution in [0.4, 0.5) is 5.69 Å². The monoisotopic (exact) mass is 260 g/mol. The Hall–Kier alpha value is -1.55. The predicted molar refractivity (Wildman–Crippen MR) is 80.9 cm³/mol. The Balaban J connectivity index is 1.92. The highest BCUT2D eigenvalue weighted by Crippen LogP contribution is 2.23. The van der Waals surface area contributed by atoms with Crippen LogP contribution in [0.2, 0.25) is 0 Å². The molecule has 0 bridgehead atoms. The topological polar surface area (TPSA) is 56.4 Å². The molecule has 1 aromatic rings. The molecule has 0 aromatic heterocycles. The lowest BCUT2D eigenvalue weighted by Crippen LogP contribution is -2.37. The summed E-state index contributed by atoms with van der Waals surface area (Å²) in [4.78, 5) is 4.71. The van der Waals surface area contributed by atoms with Crippen LogP contribution in [0.3, 0.4) is 0 Å². The Labute approximate surface area is 115 Å². The van der Waals surface area contributed by atoms with E-state index >= 15 is 0 Å². The van der Waals surface area contributed by atoms with Crippen molar-refractivity contribution in [3.8, 4) is 0 Å². The van der Waals surface area contributed by atoms with Crippen LogP contribution in [-0.4, -0.2) is 44.5 Å². The Morgan fingerprint density at radius 2 is 1.84 bits per heavy atom. The molecule has 4 nitrogen and oxygen atoms in total. The van der Waals surface area contributed by atoms with E-state index in [0.717, 1.165) is 24.6 Å². The van der Waals surface area contributed by atoms with Crippen LogP contribution in [0.15, 0.2) is 24.3 Å². The number of amidine groups is 1. The van der Waals surface area contributed by atoms with Gasteiger partial charge in [-0.05, 0) is 57.1 Å². The predicted octanol–water partition coefficient (Wildman–Crippen LogP) is 1.75. The second-order valence-electron chi connectivity index (χ2n) is 5.65. The summed E-state index contributed by atoms with van der Waals surface area (Å²) in [5.41, 5.74) is 7.51. The van der Waals surface area contributed by atoms with Gasteiger partial charge in [0.25, 0.3) is 0 Å². The van der Waals surface area contributed by atoms with Crippen LogP contribution < -0.4 is 10.6 Å². The summed E-state index contributed by atoms with van der Waals surface area (Å²) in [6.07, 6.45) is 2.51. The van der Waals surface area contributed by atoms with E-state index in [4.69, 9.17) is 11.1 Å². The second-order valence-corrected chi connectivity index (χ2v) is 5.65. The van der Waals surface area contributed by atoms with Crippen molar-refractivity contribution in [1.82, 2.24) is 4.90 Å². The van der Waals surface area contributed by atoms with Crippen LogP contribution in [0, 0.1) is 11.3 Å². The lowest BCUT2D eigenvalue weighted by molar-refractivity contribution is 0.285. The molecule has 4 heteroatoms. The maximum atomic E-state index is 7.40. The van der Waals surface area contributed by atoms with Gasteiger partial charge >= 0.3 is 0 Å². The molecule has 0 spiro atoms. The molecule has 0 radical (unpaired) electrons. The van der Waals surface area contributed by atoms with Gasteiger partial charge in [-0.1, -0.05) is 0 Å². The number of hydrogen-bond acceptors (Lipinski definition) is 3. The average Bonchev–Trinajstić information content (AvgIpc) is 2.39. The first-order valence-corrected chi connectivity index (χ1v) is 6.90. The fourth-order valence-electron chi connectivity index (χ4n) is 2.74. The van der Waals surface area contributed by atoms with Crippen LogP contribution in [0.1, 0.15) is 18.4 Å². The van der Waals surface area contributed by atoms with Crippen LogP contribution in [0.5, 0.6) is 0 Å². The Morgan fingerprint density at radius 3 is 2.32 bits per heavy atom. The van der Waals surface area contributed by atoms with Gasteiger partial charge in [-0.15, -0.1) is 0 Å². The van der Waals surface area contributed by atoms with Crippen molar-refractivity contribution in [2.24, 2.45) is 11.7 Å². The van der Waals surface area contributed by atoms with Gasteiger partial charge in [0, 0.05) is 30.9 Å². The number of piperidine rings is 1. The molecule has 0 atom stereocenters. The lowest BCUT2D eigenvalue weighted by Gasteiger charge is -2.34. The molecule has 1 aliphatic rings. The smallest absolute Gasteiger partial charge is 0.122 e. The molecule has 1 saturated heterocycles. The van der Waals surface area contributed by atoms with Gasteiger partial charge in [-0.2, -0.15) is 0 Å². The Morgan fingerprint density at radius 1 is 1.26 bits per heavy atom. The number of anilines is 1. The molecule has 0 aliphatic carbocycles. The maximum absolute atomic E-state index is 7.40. The highest BCUT2D eigenvalue weighted by atomic mass is 15.1. The SMILES string of the molecule is CN(C)CC1CCN(c2ccc(C(=N)N)cc2)CC1. The van der Waals surface area contributed by atoms with E-state index < -0.39 is 0 Å². The molecular weight excluding hydrogens is 236 g/mol. The summed E-state index contributed by atoms with van der Waals surface area (Å²) < 4.78 is 0. The molecule has 1 aliphatic heterocycles. The molecule has 0 amide bonds. The zero-order chi connectivity index (χ0) is 13.8. The second kappa shape index (κ2) is 6.06. The molecule has 0 unspecified atom stereocenters. The van der Waals surface area contributed by atoms with E-state index in [1.165, 1.54) is 25.1 Å². The van der Waals surface area contributed by atoms with E-state index in [-0.39, 0.29) is 5.84 Å². The van der Waals surface area contributed by atoms with Crippen LogP contribution in [-0.2, 0) is 0 Å². The summed E-state index contributed by atoms with van der Waals surface area (Å²) in [5.74, 6) is 0.957. The third-order valence-corrected chi connectivity index (χ3v) is 3.78. The standard InChI is InChI=1S/C15H24N4/c1-18(2)11-12-7-9-19(10-8-12)14-5-3-13(4-6-14)15(16)17/h3-6,12H,7-11H2,1-2H3,(H3,16,17). The molecule has 3 N–H and O–H groups in total. The number of hydrogen-bond donors (Lipinski definition) is 2. The number of nitrogens with zero attached hydrogens (tertiary/aromatic N) is 2. The van der Waals surface area contributed by atoms with Crippen molar-refractivity contribution in [2.45, 2.75) is 12.8 Å². The zero-order valence-corrected chi connectivity index (χ0v) is 11.9. The Bertz CT molecular complexity index is 416. The number of nitrogens with two attached hydrogens (primary N) is 1. The molecule has 104 valence electrons. The third kappa shape index (κ3) is 3.70. The van der Waals surface area contributed by atoms with E-state index in [0.29, 0.717) is 0 Å². The van der Waals surface area contributed by atoms with Gasteiger partial charge < -0.3 is 15.5 Å². The number of nitrogen functional groups attached to an aromatic ring is 1. The van der Waals surface area contributed by atoms with Crippen molar-refractivity contribution in [1.29, 1.82) is 5.41 Å². The minimum Gasteiger partial charge on any atom is -0.384 e. The van der Waals surface area contributed by atoms with Gasteiger partial charge in [0.15, 0.2) is 0 Å². The van der Waals surface area contributed by atoms with Crippen molar-refractivity contribution in [2.75, 3.05) is 38.6 Å². The van der Waals surface area contributed by atoms with Crippen molar-refractivity contribution < 1.29 is 0 Å². The molecule has 1 fully saturated rings. The number of rotatable bonds is 4. The first-order valence-electron chi connectivity index (χ1n) is 6.90. The van der Waals surface area contributed by atoms with Gasteiger partial charge in [0.2, 0.25) is 0 Å². The van der Waals surface area contributed by atoms with E-state index in [2.05, 4.69) is 36.0 Å². The summed E-state index contributed by atoms with van der Waals surface area (Å²) in [7, 11) is 4.29. The minimum absolute atomic E-state index is 0.135. The summed E-state index contributed by atoms with van der Waals surface area (Å²) in [6.45, 7) is 3.44. The van der Waals surface area contributed by atoms with E-state index in [1.54, 1.807) is 0 Å². The number of benzene rings is 1. The van der Waals surface area contributed by atoms with Crippen LogP contribution >= 0.6 is 0 Å². The molecular formula is C15H24N4. The molecule has 1 heterocycles.